The molecule has 9 N–H and O–H groups in total. The number of hydrogen-bond donors (Lipinski definition) is 8. The number of aliphatic hydroxyl groups excluding tert-OH is 6. The molecule has 1 saturated heterocycles. The van der Waals surface area contributed by atoms with E-state index in [1.54, 1.807) is 0 Å². The summed E-state index contributed by atoms with van der Waals surface area (Å²) < 4.78 is 6.19. The number of nitrogens with one attached hydrogen (secondary N) is 1. The molecule has 0 amide bonds. The van der Waals surface area contributed by atoms with Crippen molar-refractivity contribution in [2.24, 2.45) is 0 Å². The van der Waals surface area contributed by atoms with E-state index in [0.717, 1.165) is 4.57 Å². The second-order valence-electron chi connectivity index (χ2n) is 6.76. The smallest absolute Gasteiger partial charge is 0.351 e. The fourth-order valence-electron chi connectivity index (χ4n) is 2.51. The van der Waals surface area contributed by atoms with Gasteiger partial charge in [0.15, 0.2) is 6.23 Å². The highest BCUT2D eigenvalue weighted by molar-refractivity contribution is 5.50. The van der Waals surface area contributed by atoms with Gasteiger partial charge in [-0.15, -0.1) is 0 Å². The molecule has 3 rings (SSSR count). The van der Waals surface area contributed by atoms with E-state index < -0.39 is 55.7 Å². The first-order valence-electron chi connectivity index (χ1n) is 9.88. The molecule has 2 aliphatic rings. The highest BCUT2D eigenvalue weighted by atomic mass is 16.6. The summed E-state index contributed by atoms with van der Waals surface area (Å²) in [5.41, 5.74) is 4.63. The molecule has 2 unspecified atom stereocenters. The Hall–Kier alpha value is -2.91. The molecule has 0 aliphatic carbocycles. The predicted molar refractivity (Wildman–Crippen MR) is 116 cm³/mol. The fourth-order valence-corrected chi connectivity index (χ4v) is 2.51. The third-order valence-electron chi connectivity index (χ3n) is 4.33. The Labute approximate surface area is 189 Å². The van der Waals surface area contributed by atoms with E-state index in [1.165, 1.54) is 12.3 Å². The van der Waals surface area contributed by atoms with E-state index >= 15 is 0 Å². The van der Waals surface area contributed by atoms with Gasteiger partial charge in [-0.2, -0.15) is 4.98 Å². The zero-order chi connectivity index (χ0) is 24.8. The summed E-state index contributed by atoms with van der Waals surface area (Å²) in [5.74, 6) is 0.0537. The van der Waals surface area contributed by atoms with Crippen LogP contribution >= 0.6 is 0 Å². The Morgan fingerprint density at radius 2 is 1.76 bits per heavy atom. The summed E-state index contributed by atoms with van der Waals surface area (Å²) in [6.07, 6.45) is 6.33. The summed E-state index contributed by atoms with van der Waals surface area (Å²) in [4.78, 5) is 24.7. The lowest BCUT2D eigenvalue weighted by Crippen LogP contribution is -2.36. The maximum atomic E-state index is 11.5. The Morgan fingerprint density at radius 1 is 1.12 bits per heavy atom. The van der Waals surface area contributed by atoms with Gasteiger partial charge in [-0.1, -0.05) is 12.2 Å². The van der Waals surface area contributed by atoms with Gasteiger partial charge in [0, 0.05) is 25.0 Å². The number of aliphatic hydroxyl groups is 6. The molecule has 0 bridgehead atoms. The molecule has 0 radical (unpaired) electrons. The highest BCUT2D eigenvalue weighted by Crippen LogP contribution is 2.27. The van der Waals surface area contributed by atoms with Crippen molar-refractivity contribution in [2.75, 3.05) is 18.9 Å². The minimum Gasteiger partial charge on any atom is -0.394 e. The fraction of sp³-hybridized carbons (Fsp3) is 0.450. The lowest BCUT2D eigenvalue weighted by Gasteiger charge is -2.16. The molecule has 1 aromatic rings. The summed E-state index contributed by atoms with van der Waals surface area (Å²) in [6, 6.07) is 1.37. The first-order chi connectivity index (χ1) is 15.8. The van der Waals surface area contributed by atoms with Gasteiger partial charge in [-0.25, -0.2) is 4.79 Å². The van der Waals surface area contributed by atoms with Crippen LogP contribution < -0.4 is 16.7 Å². The molecule has 0 spiro atoms. The average molecular weight is 470 g/mol. The molecule has 33 heavy (non-hydrogen) atoms. The Bertz CT molecular complexity index is 844. The summed E-state index contributed by atoms with van der Waals surface area (Å²) >= 11 is 0. The Morgan fingerprint density at radius 3 is 2.24 bits per heavy atom. The lowest BCUT2D eigenvalue weighted by atomic mass is 10.1. The van der Waals surface area contributed by atoms with E-state index in [0.29, 0.717) is 6.29 Å². The summed E-state index contributed by atoms with van der Waals surface area (Å²) in [7, 11) is 0. The molecule has 0 aromatic carbocycles. The third-order valence-corrected chi connectivity index (χ3v) is 4.33. The van der Waals surface area contributed by atoms with Gasteiger partial charge in [-0.05, 0) is 18.2 Å². The standard InChI is InChI=1S/C9H13N3O5.C6H7N.C5H10O4/c10-5-1-2-12(9(16)11-5)8-7(15)6(14)4(3-13)17-8;1-2-4-6-7-5-3-1;6-2-1-4(8)5(9)3-7/h1-2,4,6-8,13-15H,3H2,(H2,10,11,16);1-7H;2,4-5,7-9H,1,3H2/t4-,6-,7-,8-;;/m1../s1. The van der Waals surface area contributed by atoms with E-state index in [9.17, 15) is 19.8 Å². The molecule has 2 aliphatic heterocycles. The van der Waals surface area contributed by atoms with Gasteiger partial charge < -0.3 is 51.2 Å². The number of carbonyl (C=O) groups is 1. The van der Waals surface area contributed by atoms with Crippen molar-refractivity contribution in [2.45, 2.75) is 43.2 Å². The van der Waals surface area contributed by atoms with Crippen molar-refractivity contribution in [1.82, 2.24) is 14.9 Å². The maximum Gasteiger partial charge on any atom is 0.351 e. The lowest BCUT2D eigenvalue weighted by molar-refractivity contribution is -0.111. The van der Waals surface area contributed by atoms with Crippen LogP contribution in [-0.4, -0.2) is 90.2 Å². The molecule has 1 aromatic heterocycles. The van der Waals surface area contributed by atoms with Crippen LogP contribution in [0.3, 0.4) is 0 Å². The molecule has 13 nitrogen and oxygen atoms in total. The first kappa shape index (κ1) is 28.1. The quantitative estimate of drug-likeness (QED) is 0.194. The Kier molecular flexibility index (Phi) is 12.8. The monoisotopic (exact) mass is 470 g/mol. The third kappa shape index (κ3) is 9.23. The molecular weight excluding hydrogens is 440 g/mol. The first-order valence-corrected chi connectivity index (χ1v) is 9.88. The van der Waals surface area contributed by atoms with Gasteiger partial charge >= 0.3 is 5.69 Å². The zero-order valence-corrected chi connectivity index (χ0v) is 17.7. The number of anilines is 1. The minimum absolute atomic E-state index is 0.0537. The number of hydrogen-bond acceptors (Lipinski definition) is 12. The largest absolute Gasteiger partial charge is 0.394 e. The number of nitrogens with two attached hydrogens (primary N) is 1. The number of aromatic nitrogens is 2. The molecule has 184 valence electrons. The van der Waals surface area contributed by atoms with Crippen LogP contribution in [0.25, 0.3) is 0 Å². The van der Waals surface area contributed by atoms with Crippen LogP contribution in [-0.2, 0) is 9.53 Å². The van der Waals surface area contributed by atoms with Crippen LogP contribution in [0.4, 0.5) is 5.82 Å². The summed E-state index contributed by atoms with van der Waals surface area (Å²) in [5, 5.41) is 56.6. The van der Waals surface area contributed by atoms with Crippen molar-refractivity contribution in [3.63, 3.8) is 0 Å². The van der Waals surface area contributed by atoms with Crippen LogP contribution in [0.5, 0.6) is 0 Å². The number of ether oxygens (including phenoxy) is 1. The van der Waals surface area contributed by atoms with E-state index in [2.05, 4.69) is 10.3 Å². The van der Waals surface area contributed by atoms with Gasteiger partial charge in [0.05, 0.1) is 19.3 Å². The molecule has 3 heterocycles. The second kappa shape index (κ2) is 15.0. The summed E-state index contributed by atoms with van der Waals surface area (Å²) in [6.45, 7) is -0.971. The van der Waals surface area contributed by atoms with Crippen LogP contribution in [0.15, 0.2) is 53.8 Å². The molecule has 1 fully saturated rings. The molecular formula is C20H30N4O9. The van der Waals surface area contributed by atoms with Crippen LogP contribution in [0, 0.1) is 0 Å². The van der Waals surface area contributed by atoms with E-state index in [1.807, 2.05) is 36.7 Å². The maximum absolute atomic E-state index is 11.5. The number of aldehydes is 1. The number of rotatable bonds is 6. The van der Waals surface area contributed by atoms with E-state index in [-0.39, 0.29) is 12.2 Å². The number of nitrogens with zero attached hydrogens (tertiary/aromatic N) is 2. The minimum atomic E-state index is -1.31. The average Bonchev–Trinajstić information content (AvgIpc) is 3.00. The van der Waals surface area contributed by atoms with Gasteiger partial charge in [0.2, 0.25) is 0 Å². The van der Waals surface area contributed by atoms with Crippen molar-refractivity contribution in [3.8, 4) is 0 Å². The van der Waals surface area contributed by atoms with Crippen molar-refractivity contribution >= 4 is 12.1 Å². The second-order valence-corrected chi connectivity index (χ2v) is 6.76. The van der Waals surface area contributed by atoms with Crippen molar-refractivity contribution < 1.29 is 40.2 Å². The number of allylic oxidation sites excluding steroid dienone is 4. The zero-order valence-electron chi connectivity index (χ0n) is 17.7. The topological polar surface area (TPSA) is 221 Å². The van der Waals surface area contributed by atoms with Gasteiger partial charge in [0.25, 0.3) is 0 Å². The predicted octanol–water partition coefficient (Wildman–Crippen LogP) is -3.10. The van der Waals surface area contributed by atoms with Gasteiger partial charge in [-0.3, -0.25) is 4.57 Å². The number of nitrogen functional groups attached to an aromatic ring is 1. The molecule has 13 heteroatoms. The van der Waals surface area contributed by atoms with Gasteiger partial charge in [0.1, 0.15) is 36.5 Å². The van der Waals surface area contributed by atoms with Crippen molar-refractivity contribution in [1.29, 1.82) is 0 Å². The molecule has 6 atom stereocenters. The van der Waals surface area contributed by atoms with E-state index in [4.69, 9.17) is 30.9 Å². The number of carbonyl (C=O) groups excluding carboxylic acids is 1. The SMILES string of the molecule is C1=CC=CNC=C1.Nc1ccn([C@@H]2O[C@H](CO)[C@@H](O)[C@H]2O)c(=O)n1.O=CCC(O)C(O)CO. The highest BCUT2D eigenvalue weighted by Gasteiger charge is 2.43. The van der Waals surface area contributed by atoms with Crippen LogP contribution in [0.2, 0.25) is 0 Å². The Balaban J connectivity index is 0.000000285. The molecule has 0 saturated carbocycles. The van der Waals surface area contributed by atoms with Crippen molar-refractivity contribution in [3.05, 3.63) is 59.5 Å². The normalized spacial score (nSPS) is 24.9. The van der Waals surface area contributed by atoms with Crippen LogP contribution in [0.1, 0.15) is 12.6 Å².